The number of halogens is 3. The van der Waals surface area contributed by atoms with Crippen molar-refractivity contribution in [1.29, 1.82) is 0 Å². The smallest absolute Gasteiger partial charge is 0.321 e. The van der Waals surface area contributed by atoms with E-state index in [1.807, 2.05) is 24.3 Å². The van der Waals surface area contributed by atoms with Crippen LogP contribution in [0.25, 0.3) is 22.4 Å². The molecule has 0 unspecified atom stereocenters. The van der Waals surface area contributed by atoms with Gasteiger partial charge in [0.25, 0.3) is 0 Å². The van der Waals surface area contributed by atoms with Gasteiger partial charge in [-0.3, -0.25) is 4.57 Å². The summed E-state index contributed by atoms with van der Waals surface area (Å²) < 4.78 is 33.9. The molecule has 0 atom stereocenters. The van der Waals surface area contributed by atoms with Gasteiger partial charge >= 0.3 is 6.55 Å². The number of rotatable bonds is 5. The molecule has 4 aromatic rings. The lowest BCUT2D eigenvalue weighted by Crippen LogP contribution is -2.00. The summed E-state index contributed by atoms with van der Waals surface area (Å²) in [6.45, 7) is -2.68. The number of alkyl halides is 2. The summed E-state index contributed by atoms with van der Waals surface area (Å²) in [4.78, 5) is 8.60. The van der Waals surface area contributed by atoms with Crippen LogP contribution in [-0.4, -0.2) is 19.7 Å². The summed E-state index contributed by atoms with van der Waals surface area (Å²) in [5.74, 6) is 1.04. The quantitative estimate of drug-likeness (QED) is 0.384. The van der Waals surface area contributed by atoms with Crippen LogP contribution in [0.4, 0.5) is 8.78 Å². The highest BCUT2D eigenvalue weighted by Gasteiger charge is 2.19. The van der Waals surface area contributed by atoms with Gasteiger partial charge in [0.2, 0.25) is 11.7 Å². The molecule has 132 valence electrons. The maximum atomic E-state index is 13.4. The lowest BCUT2D eigenvalue weighted by Gasteiger charge is -2.05. The predicted octanol–water partition coefficient (Wildman–Crippen LogP) is 5.54. The number of para-hydroxylation sites is 2. The standard InChI is InChI=1S/C17H11BrF2N4OS/c18-11-5-3-4-10(8-11)15-22-14(25-23-15)9-26-17-21-12-6-1-2-7-13(12)24(17)16(19)20/h1-8,16H,9H2. The maximum Gasteiger partial charge on any atom is 0.321 e. The maximum absolute atomic E-state index is 13.4. The number of thioether (sulfide) groups is 1. The molecular weight excluding hydrogens is 426 g/mol. The molecule has 2 heterocycles. The summed E-state index contributed by atoms with van der Waals surface area (Å²) in [6, 6.07) is 14.3. The van der Waals surface area contributed by atoms with Gasteiger partial charge in [-0.05, 0) is 24.3 Å². The van der Waals surface area contributed by atoms with Crippen molar-refractivity contribution in [2.45, 2.75) is 17.5 Å². The molecule has 9 heteroatoms. The molecule has 5 nitrogen and oxygen atoms in total. The third-order valence-corrected chi connectivity index (χ3v) is 5.06. The van der Waals surface area contributed by atoms with Crippen molar-refractivity contribution in [1.82, 2.24) is 19.7 Å². The van der Waals surface area contributed by atoms with E-state index < -0.39 is 6.55 Å². The van der Waals surface area contributed by atoms with Crippen LogP contribution in [-0.2, 0) is 5.75 Å². The van der Waals surface area contributed by atoms with Crippen LogP contribution in [0, 0.1) is 0 Å². The van der Waals surface area contributed by atoms with Crippen molar-refractivity contribution >= 4 is 38.7 Å². The van der Waals surface area contributed by atoms with E-state index in [2.05, 4.69) is 31.1 Å². The van der Waals surface area contributed by atoms with Crippen molar-refractivity contribution in [2.75, 3.05) is 0 Å². The van der Waals surface area contributed by atoms with Gasteiger partial charge in [-0.1, -0.05) is 57.1 Å². The third kappa shape index (κ3) is 3.36. The number of nitrogens with zero attached hydrogens (tertiary/aromatic N) is 4. The molecule has 2 aromatic heterocycles. The largest absolute Gasteiger partial charge is 0.338 e. The molecule has 0 saturated heterocycles. The van der Waals surface area contributed by atoms with Gasteiger partial charge in [-0.15, -0.1) is 0 Å². The Hall–Kier alpha value is -2.26. The predicted molar refractivity (Wildman–Crippen MR) is 98.0 cm³/mol. The molecule has 26 heavy (non-hydrogen) atoms. The number of fused-ring (bicyclic) bond motifs is 1. The zero-order valence-electron chi connectivity index (χ0n) is 13.1. The molecule has 0 aliphatic heterocycles. The summed E-state index contributed by atoms with van der Waals surface area (Å²) in [7, 11) is 0. The highest BCUT2D eigenvalue weighted by Crippen LogP contribution is 2.31. The Morgan fingerprint density at radius 3 is 2.77 bits per heavy atom. The fourth-order valence-electron chi connectivity index (χ4n) is 2.50. The molecule has 0 aliphatic rings. The van der Waals surface area contributed by atoms with Crippen LogP contribution in [0.15, 0.2) is 62.7 Å². The Morgan fingerprint density at radius 1 is 1.12 bits per heavy atom. The molecule has 0 amide bonds. The molecule has 4 rings (SSSR count). The van der Waals surface area contributed by atoms with E-state index in [1.165, 1.54) is 0 Å². The monoisotopic (exact) mass is 436 g/mol. The summed E-state index contributed by atoms with van der Waals surface area (Å²) in [5, 5.41) is 4.16. The van der Waals surface area contributed by atoms with Gasteiger partial charge in [0.15, 0.2) is 5.16 Å². The first-order chi connectivity index (χ1) is 12.6. The van der Waals surface area contributed by atoms with Crippen LogP contribution in [0.3, 0.4) is 0 Å². The van der Waals surface area contributed by atoms with E-state index in [1.54, 1.807) is 24.3 Å². The second-order valence-electron chi connectivity index (χ2n) is 5.34. The third-order valence-electron chi connectivity index (χ3n) is 3.63. The molecule has 0 fully saturated rings. The number of aromatic nitrogens is 4. The van der Waals surface area contributed by atoms with E-state index in [4.69, 9.17) is 4.52 Å². The molecule has 0 aliphatic carbocycles. The van der Waals surface area contributed by atoms with E-state index in [9.17, 15) is 8.78 Å². The highest BCUT2D eigenvalue weighted by atomic mass is 79.9. The fraction of sp³-hybridized carbons (Fsp3) is 0.118. The van der Waals surface area contributed by atoms with E-state index in [0.717, 1.165) is 26.4 Å². The Bertz CT molecular complexity index is 1070. The van der Waals surface area contributed by atoms with Gasteiger partial charge in [0, 0.05) is 10.0 Å². The SMILES string of the molecule is FC(F)n1c(SCc2nc(-c3cccc(Br)c3)no2)nc2ccccc21. The van der Waals surface area contributed by atoms with Gasteiger partial charge < -0.3 is 4.52 Å². The van der Waals surface area contributed by atoms with Crippen LogP contribution < -0.4 is 0 Å². The summed E-state index contributed by atoms with van der Waals surface area (Å²) in [6.07, 6.45) is 0. The van der Waals surface area contributed by atoms with Crippen molar-refractivity contribution in [2.24, 2.45) is 0 Å². The zero-order chi connectivity index (χ0) is 18.1. The lowest BCUT2D eigenvalue weighted by atomic mass is 10.2. The van der Waals surface area contributed by atoms with Crippen LogP contribution in [0.2, 0.25) is 0 Å². The second-order valence-corrected chi connectivity index (χ2v) is 7.20. The Morgan fingerprint density at radius 2 is 1.96 bits per heavy atom. The van der Waals surface area contributed by atoms with Gasteiger partial charge in [0.05, 0.1) is 16.8 Å². The van der Waals surface area contributed by atoms with Crippen molar-refractivity contribution in [3.05, 3.63) is 58.9 Å². The van der Waals surface area contributed by atoms with Crippen molar-refractivity contribution < 1.29 is 13.3 Å². The first-order valence-corrected chi connectivity index (χ1v) is 9.36. The average molecular weight is 437 g/mol. The zero-order valence-corrected chi connectivity index (χ0v) is 15.5. The summed E-state index contributed by atoms with van der Waals surface area (Å²) >= 11 is 4.53. The molecule has 2 aromatic carbocycles. The molecule has 0 spiro atoms. The molecule has 0 saturated carbocycles. The topological polar surface area (TPSA) is 56.7 Å². The van der Waals surface area contributed by atoms with E-state index in [-0.39, 0.29) is 10.9 Å². The Balaban J connectivity index is 1.57. The first-order valence-electron chi connectivity index (χ1n) is 7.58. The van der Waals surface area contributed by atoms with E-state index in [0.29, 0.717) is 22.7 Å². The van der Waals surface area contributed by atoms with Crippen molar-refractivity contribution in [3.63, 3.8) is 0 Å². The highest BCUT2D eigenvalue weighted by molar-refractivity contribution is 9.10. The average Bonchev–Trinajstić information content (AvgIpc) is 3.24. The van der Waals surface area contributed by atoms with E-state index >= 15 is 0 Å². The molecule has 0 N–H and O–H groups in total. The number of imidazole rings is 1. The lowest BCUT2D eigenvalue weighted by molar-refractivity contribution is 0.0656. The Kier molecular flexibility index (Phi) is 4.73. The number of hydrogen-bond acceptors (Lipinski definition) is 5. The minimum Gasteiger partial charge on any atom is -0.338 e. The minimum absolute atomic E-state index is 0.211. The summed E-state index contributed by atoms with van der Waals surface area (Å²) in [5.41, 5.74) is 1.72. The van der Waals surface area contributed by atoms with Gasteiger partial charge in [-0.25, -0.2) is 4.98 Å². The normalized spacial score (nSPS) is 11.5. The fourth-order valence-corrected chi connectivity index (χ4v) is 3.75. The van der Waals surface area contributed by atoms with Gasteiger partial charge in [0.1, 0.15) is 0 Å². The van der Waals surface area contributed by atoms with Gasteiger partial charge in [-0.2, -0.15) is 13.8 Å². The first kappa shape index (κ1) is 17.2. The van der Waals surface area contributed by atoms with Crippen LogP contribution >= 0.6 is 27.7 Å². The Labute approximate surface area is 159 Å². The minimum atomic E-state index is -2.68. The number of benzene rings is 2. The molecule has 0 radical (unpaired) electrons. The number of hydrogen-bond donors (Lipinski definition) is 0. The van der Waals surface area contributed by atoms with Crippen LogP contribution in [0.5, 0.6) is 0 Å². The molecule has 0 bridgehead atoms. The second kappa shape index (κ2) is 7.16. The molecular formula is C17H11BrF2N4OS. The van der Waals surface area contributed by atoms with Crippen molar-refractivity contribution in [3.8, 4) is 11.4 Å². The van der Waals surface area contributed by atoms with Crippen LogP contribution in [0.1, 0.15) is 12.4 Å².